The number of amides is 2. The highest BCUT2D eigenvalue weighted by atomic mass is 32.2. The minimum absolute atomic E-state index is 0.0835. The van der Waals surface area contributed by atoms with Gasteiger partial charge in [-0.1, -0.05) is 6.07 Å². The second-order valence-electron chi connectivity index (χ2n) is 5.96. The molecule has 3 atom stereocenters. The second-order valence-corrected chi connectivity index (χ2v) is 8.53. The first-order valence-corrected chi connectivity index (χ1v) is 10.2. The van der Waals surface area contributed by atoms with Crippen molar-refractivity contribution in [1.82, 2.24) is 10.2 Å². The molecular weight excluding hydrogens is 396 g/mol. The van der Waals surface area contributed by atoms with Crippen LogP contribution in [0.2, 0.25) is 0 Å². The Morgan fingerprint density at radius 3 is 2.78 bits per heavy atom. The fraction of sp³-hybridized carbons (Fsp3) is 0.375. The van der Waals surface area contributed by atoms with Gasteiger partial charge in [-0.3, -0.25) is 23.5 Å². The predicted molar refractivity (Wildman–Crippen MR) is 94.9 cm³/mol. The summed E-state index contributed by atoms with van der Waals surface area (Å²) in [5.74, 6) is -3.20. The number of carbonyl (C=O) groups is 4. The summed E-state index contributed by atoms with van der Waals surface area (Å²) in [7, 11) is -1.64. The Bertz CT molecular complexity index is 862. The molecule has 1 saturated heterocycles. The van der Waals surface area contributed by atoms with Crippen molar-refractivity contribution in [2.45, 2.75) is 24.8 Å². The number of β-lactam (4-membered cyclic amide) rings is 1. The lowest BCUT2D eigenvalue weighted by Crippen LogP contribution is -2.73. The fourth-order valence-corrected chi connectivity index (χ4v) is 5.32. The Balaban J connectivity index is 1.76. The van der Waals surface area contributed by atoms with E-state index in [-0.39, 0.29) is 30.1 Å². The zero-order chi connectivity index (χ0) is 19.7. The van der Waals surface area contributed by atoms with Crippen molar-refractivity contribution in [3.63, 3.8) is 0 Å². The van der Waals surface area contributed by atoms with Crippen molar-refractivity contribution in [1.29, 1.82) is 0 Å². The number of thiophene rings is 1. The molecule has 0 bridgehead atoms. The van der Waals surface area contributed by atoms with Crippen molar-refractivity contribution in [2.24, 2.45) is 0 Å². The summed E-state index contributed by atoms with van der Waals surface area (Å²) < 4.78 is 17.3. The molecule has 11 heteroatoms. The molecule has 144 valence electrons. The van der Waals surface area contributed by atoms with Gasteiger partial charge in [0.05, 0.1) is 23.0 Å². The van der Waals surface area contributed by atoms with E-state index in [0.717, 1.165) is 16.7 Å². The highest BCUT2D eigenvalue weighted by Gasteiger charge is 2.57. The summed E-state index contributed by atoms with van der Waals surface area (Å²) >= 11 is 1.40. The number of carbonyl (C=O) groups excluding carboxylic acids is 3. The van der Waals surface area contributed by atoms with Crippen molar-refractivity contribution in [3.8, 4) is 0 Å². The molecule has 0 radical (unpaired) electrons. The number of ether oxygens (including phenoxy) is 1. The minimum Gasteiger partial charge on any atom is -0.477 e. The van der Waals surface area contributed by atoms with E-state index in [4.69, 9.17) is 4.74 Å². The summed E-state index contributed by atoms with van der Waals surface area (Å²) in [6.45, 7) is 0.812. The van der Waals surface area contributed by atoms with Crippen molar-refractivity contribution < 1.29 is 33.2 Å². The van der Waals surface area contributed by atoms with Gasteiger partial charge in [-0.2, -0.15) is 0 Å². The number of aliphatic carboxylic acids is 1. The number of carboxylic acid groups (broad SMARTS) is 1. The Labute approximate surface area is 160 Å². The standard InChI is InChI=1S/C16H16N2O7S2/c1-8(19)25-6-9-7-27(24)15-12(14(21)18(15)13(9)16(22)23)17-11(20)5-10-3-2-4-26-10/h2-4,12,15H,5-7H2,1H3,(H,17,20)(H,22,23)/t12-,15-,27-/m1/s1. The summed E-state index contributed by atoms with van der Waals surface area (Å²) in [5, 5.41) is 12.9. The van der Waals surface area contributed by atoms with Gasteiger partial charge in [0.25, 0.3) is 5.91 Å². The maximum absolute atomic E-state index is 12.5. The Morgan fingerprint density at radius 2 is 2.19 bits per heavy atom. The SMILES string of the molecule is CC(=O)OCC1=C(C(=O)O)N2C(=O)[C@@H](NC(=O)Cc3cccs3)[C@H]2[S@](=O)C1. The Kier molecular flexibility index (Phi) is 5.42. The Morgan fingerprint density at radius 1 is 1.44 bits per heavy atom. The monoisotopic (exact) mass is 412 g/mol. The van der Waals surface area contributed by atoms with Gasteiger partial charge >= 0.3 is 11.9 Å². The second kappa shape index (κ2) is 7.61. The van der Waals surface area contributed by atoms with Crippen molar-refractivity contribution >= 4 is 45.9 Å². The molecule has 0 unspecified atom stereocenters. The molecule has 1 aromatic rings. The summed E-state index contributed by atoms with van der Waals surface area (Å²) in [6, 6.07) is 2.54. The molecule has 3 heterocycles. The highest BCUT2D eigenvalue weighted by Crippen LogP contribution is 2.35. The number of nitrogens with one attached hydrogen (secondary N) is 1. The zero-order valence-electron chi connectivity index (χ0n) is 14.2. The van der Waals surface area contributed by atoms with Crippen LogP contribution in [0.5, 0.6) is 0 Å². The van der Waals surface area contributed by atoms with E-state index >= 15 is 0 Å². The topological polar surface area (TPSA) is 130 Å². The largest absolute Gasteiger partial charge is 0.477 e. The number of rotatable bonds is 6. The van der Waals surface area contributed by atoms with Gasteiger partial charge in [-0.15, -0.1) is 11.3 Å². The smallest absolute Gasteiger partial charge is 0.352 e. The third kappa shape index (κ3) is 3.78. The normalized spacial score (nSPS) is 24.1. The van der Waals surface area contributed by atoms with Crippen molar-refractivity contribution in [3.05, 3.63) is 33.7 Å². The van der Waals surface area contributed by atoms with Gasteiger partial charge in [0.15, 0.2) is 0 Å². The van der Waals surface area contributed by atoms with E-state index in [2.05, 4.69) is 5.32 Å². The lowest BCUT2D eigenvalue weighted by Gasteiger charge is -2.49. The van der Waals surface area contributed by atoms with Gasteiger partial charge < -0.3 is 15.2 Å². The number of esters is 1. The molecule has 3 rings (SSSR count). The minimum atomic E-state index is -1.64. The first-order valence-electron chi connectivity index (χ1n) is 7.90. The lowest BCUT2D eigenvalue weighted by atomic mass is 10.0. The van der Waals surface area contributed by atoms with Crippen LogP contribution in [0.15, 0.2) is 28.8 Å². The number of fused-ring (bicyclic) bond motifs is 1. The maximum Gasteiger partial charge on any atom is 0.352 e. The van der Waals surface area contributed by atoms with Gasteiger partial charge in [0, 0.05) is 17.4 Å². The average Bonchev–Trinajstić information content (AvgIpc) is 3.09. The van der Waals surface area contributed by atoms with Crippen LogP contribution in [0.4, 0.5) is 0 Å². The molecule has 0 spiro atoms. The molecule has 1 aromatic heterocycles. The molecule has 1 fully saturated rings. The first kappa shape index (κ1) is 19.2. The number of nitrogens with zero attached hydrogens (tertiary/aromatic N) is 1. The number of carboxylic acids is 1. The van der Waals surface area contributed by atoms with Crippen LogP contribution in [-0.4, -0.2) is 61.7 Å². The van der Waals surface area contributed by atoms with Gasteiger partial charge in [-0.05, 0) is 11.4 Å². The maximum atomic E-state index is 12.5. The van der Waals surface area contributed by atoms with E-state index in [9.17, 15) is 28.5 Å². The summed E-state index contributed by atoms with van der Waals surface area (Å²) in [5.41, 5.74) is -0.237. The van der Waals surface area contributed by atoms with Crippen LogP contribution in [0.3, 0.4) is 0 Å². The number of hydrogen-bond acceptors (Lipinski definition) is 7. The quantitative estimate of drug-likeness (QED) is 0.481. The molecule has 2 N–H and O–H groups in total. The van der Waals surface area contributed by atoms with Crippen LogP contribution in [0.25, 0.3) is 0 Å². The lowest BCUT2D eigenvalue weighted by molar-refractivity contribution is -0.151. The molecule has 2 aliphatic rings. The molecule has 0 saturated carbocycles. The van der Waals surface area contributed by atoms with Gasteiger partial charge in [0.1, 0.15) is 23.7 Å². The van der Waals surface area contributed by atoms with Crippen LogP contribution >= 0.6 is 11.3 Å². The van der Waals surface area contributed by atoms with Crippen LogP contribution < -0.4 is 5.32 Å². The predicted octanol–water partition coefficient (Wildman–Crippen LogP) is -0.392. The molecular formula is C16H16N2O7S2. The summed E-state index contributed by atoms with van der Waals surface area (Å²) in [4.78, 5) is 48.9. The molecule has 27 heavy (non-hydrogen) atoms. The zero-order valence-corrected chi connectivity index (χ0v) is 15.8. The van der Waals surface area contributed by atoms with E-state index in [1.165, 1.54) is 11.3 Å². The van der Waals surface area contributed by atoms with Crippen LogP contribution in [0, 0.1) is 0 Å². The highest BCUT2D eigenvalue weighted by molar-refractivity contribution is 7.86. The Hall–Kier alpha value is -2.53. The summed E-state index contributed by atoms with van der Waals surface area (Å²) in [6.07, 6.45) is 0.0835. The third-order valence-electron chi connectivity index (χ3n) is 4.09. The molecule has 0 aliphatic carbocycles. The molecule has 2 amide bonds. The van der Waals surface area contributed by atoms with Crippen molar-refractivity contribution in [2.75, 3.05) is 12.4 Å². The van der Waals surface area contributed by atoms with E-state index in [0.29, 0.717) is 0 Å². The molecule has 2 aliphatic heterocycles. The van der Waals surface area contributed by atoms with E-state index < -0.39 is 46.0 Å². The molecule has 0 aromatic carbocycles. The van der Waals surface area contributed by atoms with Crippen LogP contribution in [0.1, 0.15) is 11.8 Å². The molecule has 9 nitrogen and oxygen atoms in total. The van der Waals surface area contributed by atoms with Crippen LogP contribution in [-0.2, 0) is 41.1 Å². The third-order valence-corrected chi connectivity index (χ3v) is 6.62. The van der Waals surface area contributed by atoms with E-state index in [1.807, 2.05) is 5.38 Å². The first-order chi connectivity index (χ1) is 12.8. The van der Waals surface area contributed by atoms with E-state index in [1.54, 1.807) is 12.1 Å². The fourth-order valence-electron chi connectivity index (χ4n) is 2.95. The number of hydrogen-bond donors (Lipinski definition) is 2. The average molecular weight is 412 g/mol. The van der Waals surface area contributed by atoms with Gasteiger partial charge in [-0.25, -0.2) is 4.79 Å². The van der Waals surface area contributed by atoms with Gasteiger partial charge in [0.2, 0.25) is 5.91 Å².